The Labute approximate surface area is 177 Å². The standard InChI is InChI=1S/C23H30N4O3/c1-25-9-11-26(12-10-25)17-21(18-6-3-2-4-7-18)24-23(29)19-14-22(28)27(15-19)16-20-8-5-13-30-20/h2-8,13,19,21H,9-12,14-17H2,1H3,(H,24,29). The van der Waals surface area contributed by atoms with Gasteiger partial charge in [0.1, 0.15) is 5.76 Å². The van der Waals surface area contributed by atoms with Crippen molar-refractivity contribution in [2.45, 2.75) is 19.0 Å². The van der Waals surface area contributed by atoms with Crippen LogP contribution in [0.15, 0.2) is 53.1 Å². The maximum absolute atomic E-state index is 13.1. The summed E-state index contributed by atoms with van der Waals surface area (Å²) in [4.78, 5) is 31.9. The largest absolute Gasteiger partial charge is 0.467 e. The van der Waals surface area contributed by atoms with Crippen molar-refractivity contribution < 1.29 is 14.0 Å². The lowest BCUT2D eigenvalue weighted by atomic mass is 10.0. The third-order valence-electron chi connectivity index (χ3n) is 6.07. The van der Waals surface area contributed by atoms with E-state index in [2.05, 4.69) is 34.3 Å². The van der Waals surface area contributed by atoms with Crippen LogP contribution in [0.25, 0.3) is 0 Å². The first kappa shape index (κ1) is 20.6. The van der Waals surface area contributed by atoms with Gasteiger partial charge in [-0.2, -0.15) is 0 Å². The summed E-state index contributed by atoms with van der Waals surface area (Å²) in [5.41, 5.74) is 1.10. The lowest BCUT2D eigenvalue weighted by molar-refractivity contribution is -0.129. The summed E-state index contributed by atoms with van der Waals surface area (Å²) in [5, 5.41) is 3.24. The number of rotatable bonds is 7. The molecule has 2 aliphatic rings. The Morgan fingerprint density at radius 2 is 1.90 bits per heavy atom. The van der Waals surface area contributed by atoms with Crippen LogP contribution in [0.4, 0.5) is 0 Å². The van der Waals surface area contributed by atoms with Gasteiger partial charge in [-0.05, 0) is 24.7 Å². The minimum Gasteiger partial charge on any atom is -0.467 e. The summed E-state index contributed by atoms with van der Waals surface area (Å²) in [6.45, 7) is 5.69. The van der Waals surface area contributed by atoms with Crippen LogP contribution in [0.2, 0.25) is 0 Å². The van der Waals surface area contributed by atoms with Crippen molar-refractivity contribution in [3.8, 4) is 0 Å². The molecule has 7 heteroatoms. The Morgan fingerprint density at radius 3 is 2.60 bits per heavy atom. The average Bonchev–Trinajstić information content (AvgIpc) is 3.40. The number of carbonyl (C=O) groups excluding carboxylic acids is 2. The zero-order valence-corrected chi connectivity index (χ0v) is 17.5. The summed E-state index contributed by atoms with van der Waals surface area (Å²) in [6.07, 6.45) is 1.85. The number of nitrogens with one attached hydrogen (secondary N) is 1. The number of piperazine rings is 1. The third-order valence-corrected chi connectivity index (χ3v) is 6.07. The Bertz CT molecular complexity index is 831. The first-order valence-electron chi connectivity index (χ1n) is 10.6. The van der Waals surface area contributed by atoms with Gasteiger partial charge in [0.15, 0.2) is 0 Å². The lowest BCUT2D eigenvalue weighted by Crippen LogP contribution is -2.48. The predicted octanol–water partition coefficient (Wildman–Crippen LogP) is 1.73. The molecule has 2 atom stereocenters. The highest BCUT2D eigenvalue weighted by Crippen LogP contribution is 2.23. The fourth-order valence-corrected chi connectivity index (χ4v) is 4.19. The number of likely N-dealkylation sites (N-methyl/N-ethyl adjacent to an activating group) is 1. The van der Waals surface area contributed by atoms with E-state index >= 15 is 0 Å². The van der Waals surface area contributed by atoms with Crippen LogP contribution in [0, 0.1) is 5.92 Å². The first-order chi connectivity index (χ1) is 14.6. The van der Waals surface area contributed by atoms with Gasteiger partial charge in [0, 0.05) is 45.7 Å². The van der Waals surface area contributed by atoms with E-state index in [-0.39, 0.29) is 30.2 Å². The number of furan rings is 1. The maximum Gasteiger partial charge on any atom is 0.225 e. The predicted molar refractivity (Wildman–Crippen MR) is 113 cm³/mol. The molecule has 7 nitrogen and oxygen atoms in total. The molecule has 2 aliphatic heterocycles. The van der Waals surface area contributed by atoms with Crippen LogP contribution in [0.3, 0.4) is 0 Å². The molecule has 0 spiro atoms. The van der Waals surface area contributed by atoms with E-state index in [0.29, 0.717) is 13.1 Å². The highest BCUT2D eigenvalue weighted by atomic mass is 16.3. The molecule has 30 heavy (non-hydrogen) atoms. The summed E-state index contributed by atoms with van der Waals surface area (Å²) in [7, 11) is 2.14. The number of nitrogens with zero attached hydrogens (tertiary/aromatic N) is 3. The number of hydrogen-bond donors (Lipinski definition) is 1. The molecule has 2 fully saturated rings. The molecule has 0 saturated carbocycles. The van der Waals surface area contributed by atoms with E-state index in [0.717, 1.165) is 44.0 Å². The molecular formula is C23H30N4O3. The number of carbonyl (C=O) groups is 2. The van der Waals surface area contributed by atoms with Crippen molar-refractivity contribution >= 4 is 11.8 Å². The minimum atomic E-state index is -0.328. The van der Waals surface area contributed by atoms with E-state index in [1.807, 2.05) is 30.3 Å². The zero-order valence-electron chi connectivity index (χ0n) is 17.5. The molecule has 1 aromatic heterocycles. The molecule has 4 rings (SSSR count). The van der Waals surface area contributed by atoms with Gasteiger partial charge in [0.05, 0.1) is 24.8 Å². The molecule has 160 valence electrons. The molecular weight excluding hydrogens is 380 g/mol. The van der Waals surface area contributed by atoms with E-state index in [1.165, 1.54) is 0 Å². The molecule has 1 aromatic carbocycles. The summed E-state index contributed by atoms with van der Waals surface area (Å²) in [6, 6.07) is 13.7. The van der Waals surface area contributed by atoms with Crippen LogP contribution >= 0.6 is 0 Å². The lowest BCUT2D eigenvalue weighted by Gasteiger charge is -2.35. The summed E-state index contributed by atoms with van der Waals surface area (Å²) < 4.78 is 5.35. The van der Waals surface area contributed by atoms with Gasteiger partial charge >= 0.3 is 0 Å². The monoisotopic (exact) mass is 410 g/mol. The quantitative estimate of drug-likeness (QED) is 0.753. The smallest absolute Gasteiger partial charge is 0.225 e. The molecule has 0 radical (unpaired) electrons. The topological polar surface area (TPSA) is 69.0 Å². The van der Waals surface area contributed by atoms with E-state index in [4.69, 9.17) is 4.42 Å². The molecule has 0 bridgehead atoms. The fraction of sp³-hybridized carbons (Fsp3) is 0.478. The number of benzene rings is 1. The molecule has 2 saturated heterocycles. The van der Waals surface area contributed by atoms with Crippen molar-refractivity contribution in [1.82, 2.24) is 20.0 Å². The van der Waals surface area contributed by atoms with Crippen molar-refractivity contribution in [2.24, 2.45) is 5.92 Å². The van der Waals surface area contributed by atoms with Gasteiger partial charge in [-0.3, -0.25) is 14.5 Å². The second-order valence-electron chi connectivity index (χ2n) is 8.33. The minimum absolute atomic E-state index is 0.00174. The Balaban J connectivity index is 1.39. The van der Waals surface area contributed by atoms with Gasteiger partial charge in [-0.15, -0.1) is 0 Å². The molecule has 3 heterocycles. The van der Waals surface area contributed by atoms with Crippen LogP contribution in [0.1, 0.15) is 23.8 Å². The first-order valence-corrected chi connectivity index (χ1v) is 10.6. The van der Waals surface area contributed by atoms with Gasteiger partial charge in [0.25, 0.3) is 0 Å². The fourth-order valence-electron chi connectivity index (χ4n) is 4.19. The second-order valence-corrected chi connectivity index (χ2v) is 8.33. The van der Waals surface area contributed by atoms with Crippen molar-refractivity contribution in [3.05, 3.63) is 60.1 Å². The molecule has 0 aliphatic carbocycles. The van der Waals surface area contributed by atoms with E-state index in [1.54, 1.807) is 11.2 Å². The van der Waals surface area contributed by atoms with E-state index in [9.17, 15) is 9.59 Å². The molecule has 1 N–H and O–H groups in total. The van der Waals surface area contributed by atoms with Gasteiger partial charge in [-0.25, -0.2) is 0 Å². The average molecular weight is 411 g/mol. The SMILES string of the molecule is CN1CCN(CC(NC(=O)C2CC(=O)N(Cc3ccco3)C2)c2ccccc2)CC1. The number of amides is 2. The Kier molecular flexibility index (Phi) is 6.50. The summed E-state index contributed by atoms with van der Waals surface area (Å²) >= 11 is 0. The van der Waals surface area contributed by atoms with E-state index < -0.39 is 0 Å². The van der Waals surface area contributed by atoms with Gasteiger partial charge < -0.3 is 19.5 Å². The third kappa shape index (κ3) is 5.09. The zero-order chi connectivity index (χ0) is 20.9. The number of hydrogen-bond acceptors (Lipinski definition) is 5. The normalized spacial score (nSPS) is 21.7. The summed E-state index contributed by atoms with van der Waals surface area (Å²) in [5.74, 6) is 0.364. The van der Waals surface area contributed by atoms with Crippen molar-refractivity contribution in [2.75, 3.05) is 46.3 Å². The second kappa shape index (κ2) is 9.45. The van der Waals surface area contributed by atoms with Crippen LogP contribution < -0.4 is 5.32 Å². The Morgan fingerprint density at radius 1 is 1.13 bits per heavy atom. The van der Waals surface area contributed by atoms with Crippen molar-refractivity contribution in [3.63, 3.8) is 0 Å². The van der Waals surface area contributed by atoms with Crippen LogP contribution in [-0.4, -0.2) is 72.8 Å². The van der Waals surface area contributed by atoms with Crippen LogP contribution in [0.5, 0.6) is 0 Å². The van der Waals surface area contributed by atoms with Crippen LogP contribution in [-0.2, 0) is 16.1 Å². The highest BCUT2D eigenvalue weighted by molar-refractivity contribution is 5.89. The molecule has 2 aromatic rings. The number of likely N-dealkylation sites (tertiary alicyclic amines) is 1. The van der Waals surface area contributed by atoms with Gasteiger partial charge in [-0.1, -0.05) is 30.3 Å². The Hall–Kier alpha value is -2.64. The molecule has 2 amide bonds. The highest BCUT2D eigenvalue weighted by Gasteiger charge is 2.35. The van der Waals surface area contributed by atoms with Gasteiger partial charge in [0.2, 0.25) is 11.8 Å². The molecule has 2 unspecified atom stereocenters. The maximum atomic E-state index is 13.1. The van der Waals surface area contributed by atoms with Crippen molar-refractivity contribution in [1.29, 1.82) is 0 Å².